The maximum Gasteiger partial charge on any atom is 0.280 e. The van der Waals surface area contributed by atoms with E-state index in [0.717, 1.165) is 30.6 Å². The minimum absolute atomic E-state index is 0.187. The van der Waals surface area contributed by atoms with Crippen molar-refractivity contribution in [1.82, 2.24) is 34.2 Å². The van der Waals surface area contributed by atoms with E-state index in [9.17, 15) is 9.18 Å². The van der Waals surface area contributed by atoms with Crippen LogP contribution in [-0.4, -0.2) is 47.3 Å². The highest BCUT2D eigenvalue weighted by molar-refractivity contribution is 5.68. The number of hydrogen-bond acceptors (Lipinski definition) is 8. The van der Waals surface area contributed by atoms with Gasteiger partial charge in [0.05, 0.1) is 6.33 Å². The van der Waals surface area contributed by atoms with Crippen molar-refractivity contribution >= 4 is 16.9 Å². The third-order valence-corrected chi connectivity index (χ3v) is 5.47. The summed E-state index contributed by atoms with van der Waals surface area (Å²) >= 11 is 0. The van der Waals surface area contributed by atoms with Crippen LogP contribution in [-0.2, 0) is 13.6 Å². The Morgan fingerprint density at radius 3 is 2.70 bits per heavy atom. The van der Waals surface area contributed by atoms with Gasteiger partial charge in [0, 0.05) is 38.1 Å². The van der Waals surface area contributed by atoms with Gasteiger partial charge < -0.3 is 14.0 Å². The lowest BCUT2D eigenvalue weighted by Gasteiger charge is -2.19. The largest absolute Gasteiger partial charge is 0.371 e. The van der Waals surface area contributed by atoms with E-state index < -0.39 is 0 Å². The van der Waals surface area contributed by atoms with Crippen LogP contribution in [0.2, 0.25) is 0 Å². The number of piperidine rings is 1. The number of fused-ring (bicyclic) bond motifs is 2. The summed E-state index contributed by atoms with van der Waals surface area (Å²) in [6.45, 7) is 2.41. The average molecular weight is 410 g/mol. The molecule has 1 aliphatic carbocycles. The summed E-state index contributed by atoms with van der Waals surface area (Å²) in [5, 5.41) is 3.48. The van der Waals surface area contributed by atoms with Gasteiger partial charge >= 0.3 is 0 Å². The highest BCUT2D eigenvalue weighted by atomic mass is 19.1. The van der Waals surface area contributed by atoms with Crippen molar-refractivity contribution in [3.05, 3.63) is 59.5 Å². The number of anilines is 1. The van der Waals surface area contributed by atoms with E-state index in [1.54, 1.807) is 17.9 Å². The Hall–Kier alpha value is -3.63. The Balaban J connectivity index is 0.000000133. The zero-order valence-electron chi connectivity index (χ0n) is 16.2. The van der Waals surface area contributed by atoms with Crippen molar-refractivity contribution in [2.24, 2.45) is 18.9 Å². The Morgan fingerprint density at radius 1 is 1.17 bits per heavy atom. The summed E-state index contributed by atoms with van der Waals surface area (Å²) in [7, 11) is 1.75. The molecular weight excluding hydrogens is 391 g/mol. The average Bonchev–Trinajstić information content (AvgIpc) is 3.14. The molecule has 2 atom stereocenters. The van der Waals surface area contributed by atoms with Gasteiger partial charge in [-0.2, -0.15) is 9.37 Å². The molecule has 1 saturated heterocycles. The first kappa shape index (κ1) is 18.4. The molecule has 1 saturated carbocycles. The molecule has 0 spiro atoms. The highest BCUT2D eigenvalue weighted by Crippen LogP contribution is 2.46. The fraction of sp³-hybridized carbons (Fsp3) is 0.368. The molecule has 1 aliphatic heterocycles. The predicted octanol–water partition coefficient (Wildman–Crippen LogP) is 1.24. The second-order valence-electron chi connectivity index (χ2n) is 7.54. The van der Waals surface area contributed by atoms with Crippen LogP contribution in [0.25, 0.3) is 11.2 Å². The minimum atomic E-state index is -0.377. The summed E-state index contributed by atoms with van der Waals surface area (Å²) < 4.78 is 20.7. The lowest BCUT2D eigenvalue weighted by atomic mass is 10.3. The topological polar surface area (TPSA) is 108 Å². The van der Waals surface area contributed by atoms with Crippen molar-refractivity contribution in [2.45, 2.75) is 13.0 Å². The van der Waals surface area contributed by atoms with Gasteiger partial charge in [0.25, 0.3) is 5.56 Å². The summed E-state index contributed by atoms with van der Waals surface area (Å²) in [6.07, 6.45) is 7.17. The quantitative estimate of drug-likeness (QED) is 0.464. The summed E-state index contributed by atoms with van der Waals surface area (Å²) in [4.78, 5) is 29.9. The fourth-order valence-corrected chi connectivity index (χ4v) is 3.79. The lowest BCUT2D eigenvalue weighted by molar-refractivity contribution is 0.368. The highest BCUT2D eigenvalue weighted by Gasteiger charge is 2.45. The second-order valence-corrected chi connectivity index (χ2v) is 7.54. The van der Waals surface area contributed by atoms with E-state index in [0.29, 0.717) is 17.1 Å². The van der Waals surface area contributed by atoms with Gasteiger partial charge in [0.1, 0.15) is 12.9 Å². The molecular formula is C19H19FN8O2. The van der Waals surface area contributed by atoms with Crippen molar-refractivity contribution in [3.8, 4) is 0 Å². The molecule has 154 valence electrons. The second kappa shape index (κ2) is 7.32. The Bertz CT molecular complexity index is 1230. The number of aromatic nitrogens is 7. The van der Waals surface area contributed by atoms with Gasteiger partial charge in [-0.05, 0) is 24.3 Å². The van der Waals surface area contributed by atoms with E-state index in [1.165, 1.54) is 35.9 Å². The normalized spacial score (nSPS) is 19.5. The molecule has 0 amide bonds. The van der Waals surface area contributed by atoms with Crippen LogP contribution in [0.1, 0.15) is 12.3 Å². The fourth-order valence-electron chi connectivity index (χ4n) is 3.79. The van der Waals surface area contributed by atoms with Crippen LogP contribution >= 0.6 is 0 Å². The molecule has 5 heterocycles. The monoisotopic (exact) mass is 410 g/mol. The lowest BCUT2D eigenvalue weighted by Crippen LogP contribution is -2.22. The number of rotatable bonds is 3. The van der Waals surface area contributed by atoms with Gasteiger partial charge in [-0.15, -0.1) is 0 Å². The minimum Gasteiger partial charge on any atom is -0.371 e. The first-order chi connectivity index (χ1) is 14.6. The molecule has 30 heavy (non-hydrogen) atoms. The number of hydrogen-bond donors (Lipinski definition) is 0. The maximum atomic E-state index is 12.8. The molecule has 0 N–H and O–H groups in total. The van der Waals surface area contributed by atoms with Crippen molar-refractivity contribution in [3.63, 3.8) is 0 Å². The molecule has 0 unspecified atom stereocenters. The standard InChI is InChI=1S/C10H11FN2.C9H8N6O2/c11-10-4-9(1-2-12-10)13-5-7-3-8(7)6-13;1-14-4-11-8-7(14)9(16)15(5-12-8)2-6-10-3-13-17-6/h1-2,4,7-8H,3,5-6H2;3-5H,2H2,1H3/t7-,8+;. The Labute approximate surface area is 170 Å². The third kappa shape index (κ3) is 3.53. The first-order valence-electron chi connectivity index (χ1n) is 9.57. The van der Waals surface area contributed by atoms with Crippen LogP contribution in [0.4, 0.5) is 10.1 Å². The first-order valence-corrected chi connectivity index (χ1v) is 9.57. The van der Waals surface area contributed by atoms with E-state index in [1.807, 2.05) is 6.07 Å². The summed E-state index contributed by atoms with van der Waals surface area (Å²) in [6, 6.07) is 3.40. The van der Waals surface area contributed by atoms with Crippen molar-refractivity contribution in [1.29, 1.82) is 0 Å². The molecule has 6 rings (SSSR count). The van der Waals surface area contributed by atoms with Crippen molar-refractivity contribution in [2.75, 3.05) is 18.0 Å². The molecule has 4 aromatic rings. The molecule has 11 heteroatoms. The molecule has 4 aromatic heterocycles. The molecule has 0 radical (unpaired) electrons. The molecule has 0 aromatic carbocycles. The zero-order valence-corrected chi connectivity index (χ0v) is 16.2. The van der Waals surface area contributed by atoms with Gasteiger partial charge in [0.15, 0.2) is 17.5 Å². The van der Waals surface area contributed by atoms with Crippen LogP contribution in [0.5, 0.6) is 0 Å². The van der Waals surface area contributed by atoms with E-state index in [2.05, 4.69) is 30.0 Å². The van der Waals surface area contributed by atoms with E-state index in [-0.39, 0.29) is 18.1 Å². The number of halogens is 1. The Morgan fingerprint density at radius 2 is 1.97 bits per heavy atom. The third-order valence-electron chi connectivity index (χ3n) is 5.47. The molecule has 10 nitrogen and oxygen atoms in total. The maximum absolute atomic E-state index is 12.8. The Kier molecular flexibility index (Phi) is 4.49. The number of nitrogens with zero attached hydrogens (tertiary/aromatic N) is 8. The predicted molar refractivity (Wildman–Crippen MR) is 104 cm³/mol. The zero-order chi connectivity index (χ0) is 20.7. The summed E-state index contributed by atoms with van der Waals surface area (Å²) in [5.41, 5.74) is 1.68. The van der Waals surface area contributed by atoms with Gasteiger partial charge in [-0.1, -0.05) is 5.16 Å². The smallest absolute Gasteiger partial charge is 0.280 e. The summed E-state index contributed by atoms with van der Waals surface area (Å²) in [5.74, 6) is 1.75. The molecule has 2 aliphatic rings. The van der Waals surface area contributed by atoms with Gasteiger partial charge in [0.2, 0.25) is 11.8 Å². The van der Waals surface area contributed by atoms with Crippen molar-refractivity contribution < 1.29 is 8.91 Å². The number of pyridine rings is 1. The molecule has 0 bridgehead atoms. The van der Waals surface area contributed by atoms with Crippen LogP contribution in [0.3, 0.4) is 0 Å². The van der Waals surface area contributed by atoms with E-state index in [4.69, 9.17) is 4.52 Å². The van der Waals surface area contributed by atoms with Gasteiger partial charge in [-0.3, -0.25) is 9.36 Å². The van der Waals surface area contributed by atoms with Crippen LogP contribution < -0.4 is 10.5 Å². The number of aryl methyl sites for hydroxylation is 1. The number of imidazole rings is 1. The molecule has 2 fully saturated rings. The van der Waals surface area contributed by atoms with Gasteiger partial charge in [-0.25, -0.2) is 15.0 Å². The van der Waals surface area contributed by atoms with E-state index >= 15 is 0 Å². The van der Waals surface area contributed by atoms with Crippen LogP contribution in [0, 0.1) is 17.8 Å². The SMILES string of the molecule is Cn1cnc2ncn(Cc3ncno3)c(=O)c21.Fc1cc(N2C[C@H]3C[C@H]3C2)ccn1. The van der Waals surface area contributed by atoms with Crippen LogP contribution in [0.15, 0.2) is 46.6 Å².